The van der Waals surface area contributed by atoms with Crippen molar-refractivity contribution in [2.24, 2.45) is 0 Å². The maximum atomic E-state index is 5.29. The van der Waals surface area contributed by atoms with Crippen LogP contribution in [0, 0.1) is 10.5 Å². The van der Waals surface area contributed by atoms with Crippen molar-refractivity contribution < 1.29 is 0 Å². The maximum absolute atomic E-state index is 5.29. The highest BCUT2D eigenvalue weighted by Crippen LogP contribution is 2.15. The predicted octanol–water partition coefficient (Wildman–Crippen LogP) is 4.41. The predicted molar refractivity (Wildman–Crippen MR) is 90.2 cm³/mol. The minimum atomic E-state index is 0.602. The summed E-state index contributed by atoms with van der Waals surface area (Å²) in [5.74, 6) is 0. The average molecular weight is 368 g/mol. The molecule has 0 bridgehead atoms. The molecular weight excluding hydrogens is 355 g/mol. The molecule has 2 rings (SSSR count). The zero-order chi connectivity index (χ0) is 13.0. The summed E-state index contributed by atoms with van der Waals surface area (Å²) in [7, 11) is 0. The Hall–Kier alpha value is -1.14. The van der Waals surface area contributed by atoms with Crippen LogP contribution in [-0.4, -0.2) is 5.11 Å². The van der Waals surface area contributed by atoms with E-state index in [-0.39, 0.29) is 0 Å². The Kier molecular flexibility index (Phi) is 4.54. The molecule has 0 aliphatic rings. The molecule has 2 aromatic carbocycles. The number of benzene rings is 2. The molecule has 0 atom stereocenters. The number of hydrogen-bond donors (Lipinski definition) is 2. The van der Waals surface area contributed by atoms with E-state index in [0.717, 1.165) is 11.4 Å². The largest absolute Gasteiger partial charge is 0.332 e. The fraction of sp³-hybridized carbons (Fsp3) is 0.0714. The Morgan fingerprint density at radius 1 is 1.00 bits per heavy atom. The summed E-state index contributed by atoms with van der Waals surface area (Å²) in [5, 5.41) is 6.96. The second-order valence-corrected chi connectivity index (χ2v) is 5.55. The van der Waals surface area contributed by atoms with Gasteiger partial charge in [-0.2, -0.15) is 0 Å². The molecule has 2 nitrogen and oxygen atoms in total. The fourth-order valence-electron chi connectivity index (χ4n) is 1.53. The molecular formula is C14H13IN2S. The molecule has 0 saturated heterocycles. The first-order valence-electron chi connectivity index (χ1n) is 5.54. The van der Waals surface area contributed by atoms with E-state index >= 15 is 0 Å². The van der Waals surface area contributed by atoms with Crippen LogP contribution in [0.4, 0.5) is 11.4 Å². The van der Waals surface area contributed by atoms with E-state index < -0.39 is 0 Å². The monoisotopic (exact) mass is 368 g/mol. The van der Waals surface area contributed by atoms with Crippen molar-refractivity contribution in [3.05, 3.63) is 57.7 Å². The summed E-state index contributed by atoms with van der Waals surface area (Å²) >= 11 is 7.56. The molecule has 0 aliphatic carbocycles. The van der Waals surface area contributed by atoms with Crippen molar-refractivity contribution >= 4 is 51.3 Å². The van der Waals surface area contributed by atoms with Gasteiger partial charge in [0.05, 0.1) is 0 Å². The lowest BCUT2D eigenvalue weighted by atomic mass is 10.2. The Morgan fingerprint density at radius 2 is 1.67 bits per heavy atom. The van der Waals surface area contributed by atoms with E-state index in [9.17, 15) is 0 Å². The summed E-state index contributed by atoms with van der Waals surface area (Å²) in [6.07, 6.45) is 0. The van der Waals surface area contributed by atoms with E-state index in [0.29, 0.717) is 5.11 Å². The van der Waals surface area contributed by atoms with Crippen molar-refractivity contribution in [1.29, 1.82) is 0 Å². The lowest BCUT2D eigenvalue weighted by Gasteiger charge is -2.12. The Bertz CT molecular complexity index is 552. The lowest BCUT2D eigenvalue weighted by molar-refractivity contribution is 1.45. The van der Waals surface area contributed by atoms with Gasteiger partial charge in [0.25, 0.3) is 0 Å². The molecule has 2 N–H and O–H groups in total. The summed E-state index contributed by atoms with van der Waals surface area (Å²) < 4.78 is 1.20. The first-order chi connectivity index (χ1) is 8.65. The van der Waals surface area contributed by atoms with Crippen LogP contribution in [0.5, 0.6) is 0 Å². The van der Waals surface area contributed by atoms with Gasteiger partial charge in [-0.3, -0.25) is 0 Å². The molecule has 0 aliphatic heterocycles. The van der Waals surface area contributed by atoms with E-state index in [1.807, 2.05) is 42.5 Å². The molecule has 0 fully saturated rings. The molecule has 0 aromatic heterocycles. The topological polar surface area (TPSA) is 24.1 Å². The smallest absolute Gasteiger partial charge is 0.175 e. The van der Waals surface area contributed by atoms with Crippen LogP contribution in [-0.2, 0) is 0 Å². The van der Waals surface area contributed by atoms with Gasteiger partial charge in [-0.25, -0.2) is 0 Å². The number of aryl methyl sites for hydroxylation is 1. The number of rotatable bonds is 2. The number of anilines is 2. The molecule has 4 heteroatoms. The summed E-state index contributed by atoms with van der Waals surface area (Å²) in [4.78, 5) is 0. The highest BCUT2D eigenvalue weighted by Gasteiger charge is 2.00. The van der Waals surface area contributed by atoms with Gasteiger partial charge in [0.15, 0.2) is 5.11 Å². The average Bonchev–Trinajstić information content (AvgIpc) is 2.35. The zero-order valence-electron chi connectivity index (χ0n) is 9.91. The van der Waals surface area contributed by atoms with Crippen molar-refractivity contribution in [2.45, 2.75) is 6.92 Å². The zero-order valence-corrected chi connectivity index (χ0v) is 12.9. The molecule has 0 amide bonds. The molecule has 0 saturated carbocycles. The molecule has 92 valence electrons. The second-order valence-electron chi connectivity index (χ2n) is 3.90. The first kappa shape index (κ1) is 13.3. The van der Waals surface area contributed by atoms with Crippen LogP contribution in [0.25, 0.3) is 0 Å². The third-order valence-corrected chi connectivity index (χ3v) is 3.42. The summed E-state index contributed by atoms with van der Waals surface area (Å²) in [6, 6.07) is 16.2. The molecule has 0 spiro atoms. The van der Waals surface area contributed by atoms with E-state index in [1.54, 1.807) is 0 Å². The second kappa shape index (κ2) is 6.15. The maximum Gasteiger partial charge on any atom is 0.175 e. The third kappa shape index (κ3) is 3.68. The van der Waals surface area contributed by atoms with Crippen LogP contribution >= 0.6 is 34.8 Å². The molecule has 18 heavy (non-hydrogen) atoms. The molecule has 0 unspecified atom stereocenters. The fourth-order valence-corrected chi connectivity index (χ4v) is 2.12. The summed E-state index contributed by atoms with van der Waals surface area (Å²) in [6.45, 7) is 2.05. The van der Waals surface area contributed by atoms with E-state index in [4.69, 9.17) is 12.2 Å². The SMILES string of the molecule is Cc1ccccc1NC(=S)Nc1ccc(I)cc1. The highest BCUT2D eigenvalue weighted by molar-refractivity contribution is 14.1. The van der Waals surface area contributed by atoms with E-state index in [1.165, 1.54) is 9.13 Å². The Morgan fingerprint density at radius 3 is 2.33 bits per heavy atom. The minimum absolute atomic E-state index is 0.602. The standard InChI is InChI=1S/C14H13IN2S/c1-10-4-2-3-5-13(10)17-14(18)16-12-8-6-11(15)7-9-12/h2-9H,1H3,(H2,16,17,18). The highest BCUT2D eigenvalue weighted by atomic mass is 127. The van der Waals surface area contributed by atoms with Crippen molar-refractivity contribution in [3.8, 4) is 0 Å². The first-order valence-corrected chi connectivity index (χ1v) is 7.03. The number of nitrogens with one attached hydrogen (secondary N) is 2. The van der Waals surface area contributed by atoms with Crippen LogP contribution in [0.2, 0.25) is 0 Å². The van der Waals surface area contributed by atoms with E-state index in [2.05, 4.69) is 46.2 Å². The number of halogens is 1. The molecule has 2 aromatic rings. The Balaban J connectivity index is 2.01. The summed E-state index contributed by atoms with van der Waals surface area (Å²) in [5.41, 5.74) is 3.19. The number of hydrogen-bond acceptors (Lipinski definition) is 1. The lowest BCUT2D eigenvalue weighted by Crippen LogP contribution is -2.19. The van der Waals surface area contributed by atoms with Gasteiger partial charge in [0.2, 0.25) is 0 Å². The van der Waals surface area contributed by atoms with Gasteiger partial charge in [-0.15, -0.1) is 0 Å². The van der Waals surface area contributed by atoms with Gasteiger partial charge in [-0.05, 0) is 77.6 Å². The van der Waals surface area contributed by atoms with Gasteiger partial charge in [0, 0.05) is 14.9 Å². The number of thiocarbonyl (C=S) groups is 1. The van der Waals surface area contributed by atoms with Crippen LogP contribution in [0.3, 0.4) is 0 Å². The molecule has 0 radical (unpaired) electrons. The minimum Gasteiger partial charge on any atom is -0.332 e. The van der Waals surface area contributed by atoms with Gasteiger partial charge in [-0.1, -0.05) is 18.2 Å². The van der Waals surface area contributed by atoms with Gasteiger partial charge < -0.3 is 10.6 Å². The Labute approximate surface area is 126 Å². The quantitative estimate of drug-likeness (QED) is 0.607. The van der Waals surface area contributed by atoms with Crippen molar-refractivity contribution in [2.75, 3.05) is 10.6 Å². The van der Waals surface area contributed by atoms with Gasteiger partial charge >= 0.3 is 0 Å². The normalized spacial score (nSPS) is 9.89. The number of para-hydroxylation sites is 1. The third-order valence-electron chi connectivity index (χ3n) is 2.50. The van der Waals surface area contributed by atoms with Crippen molar-refractivity contribution in [3.63, 3.8) is 0 Å². The van der Waals surface area contributed by atoms with Crippen LogP contribution in [0.1, 0.15) is 5.56 Å². The van der Waals surface area contributed by atoms with Crippen molar-refractivity contribution in [1.82, 2.24) is 0 Å². The molecule has 0 heterocycles. The van der Waals surface area contributed by atoms with Crippen LogP contribution < -0.4 is 10.6 Å². The van der Waals surface area contributed by atoms with Gasteiger partial charge in [0.1, 0.15) is 0 Å². The van der Waals surface area contributed by atoms with Crippen LogP contribution in [0.15, 0.2) is 48.5 Å².